The maximum atomic E-state index is 13.6. The van der Waals surface area contributed by atoms with Crippen molar-refractivity contribution in [3.8, 4) is 0 Å². The van der Waals surface area contributed by atoms with E-state index in [0.29, 0.717) is 22.8 Å². The first kappa shape index (κ1) is 12.1. The Labute approximate surface area is 104 Å². The monoisotopic (exact) mass is 253 g/mol. The van der Waals surface area contributed by atoms with Gasteiger partial charge in [-0.2, -0.15) is 0 Å². The minimum atomic E-state index is -0.395. The maximum Gasteiger partial charge on any atom is 0.129 e. The third-order valence-corrected chi connectivity index (χ3v) is 3.28. The molecule has 2 N–H and O–H groups in total. The molecule has 0 saturated heterocycles. The number of hydrogen-bond acceptors (Lipinski definition) is 2. The first-order valence-electron chi connectivity index (χ1n) is 5.34. The molecule has 0 bridgehead atoms. The Morgan fingerprint density at radius 3 is 2.94 bits per heavy atom. The lowest BCUT2D eigenvalue weighted by molar-refractivity contribution is 0.275. The Morgan fingerprint density at radius 1 is 1.47 bits per heavy atom. The minimum Gasteiger partial charge on any atom is -0.392 e. The van der Waals surface area contributed by atoms with E-state index in [0.717, 1.165) is 11.1 Å². The zero-order valence-electron chi connectivity index (χ0n) is 9.43. The van der Waals surface area contributed by atoms with Crippen LogP contribution in [0.15, 0.2) is 35.0 Å². The van der Waals surface area contributed by atoms with Gasteiger partial charge < -0.3 is 10.4 Å². The van der Waals surface area contributed by atoms with Crippen molar-refractivity contribution in [2.75, 3.05) is 6.54 Å². The van der Waals surface area contributed by atoms with E-state index in [1.807, 2.05) is 13.0 Å². The molecule has 1 aromatic rings. The predicted molar refractivity (Wildman–Crippen MR) is 66.9 cm³/mol. The number of aliphatic hydroxyl groups is 1. The Morgan fingerprint density at radius 2 is 2.24 bits per heavy atom. The van der Waals surface area contributed by atoms with Crippen molar-refractivity contribution in [1.29, 1.82) is 0 Å². The molecule has 1 aromatic carbocycles. The zero-order valence-corrected chi connectivity index (χ0v) is 10.2. The van der Waals surface area contributed by atoms with E-state index < -0.39 is 5.82 Å². The molecule has 4 heteroatoms. The van der Waals surface area contributed by atoms with E-state index >= 15 is 0 Å². The van der Waals surface area contributed by atoms with Crippen LogP contribution in [0.2, 0.25) is 0 Å². The van der Waals surface area contributed by atoms with Gasteiger partial charge in [0.25, 0.3) is 0 Å². The van der Waals surface area contributed by atoms with Crippen LogP contribution in [0.5, 0.6) is 0 Å². The molecule has 1 aliphatic rings. The standard InChI is InChI=1S/C13H13ClFNO/c1-8-9(5-6-16-13(8)14)10-3-2-4-12(15)11(10)7-17/h2-5,16-17H,6-7H2,1H3. The summed E-state index contributed by atoms with van der Waals surface area (Å²) in [5, 5.41) is 12.8. The molecule has 0 fully saturated rings. The second kappa shape index (κ2) is 4.90. The molecule has 0 unspecified atom stereocenters. The van der Waals surface area contributed by atoms with Gasteiger partial charge in [-0.25, -0.2) is 4.39 Å². The van der Waals surface area contributed by atoms with Crippen LogP contribution >= 0.6 is 11.6 Å². The van der Waals surface area contributed by atoms with Crippen molar-refractivity contribution in [3.63, 3.8) is 0 Å². The third kappa shape index (κ3) is 2.21. The molecule has 0 saturated carbocycles. The second-order valence-electron chi connectivity index (χ2n) is 3.86. The summed E-state index contributed by atoms with van der Waals surface area (Å²) in [5.74, 6) is -0.395. The first-order chi connectivity index (χ1) is 8.15. The lowest BCUT2D eigenvalue weighted by Crippen LogP contribution is -2.16. The van der Waals surface area contributed by atoms with E-state index in [9.17, 15) is 9.50 Å². The highest BCUT2D eigenvalue weighted by Gasteiger charge is 2.16. The summed E-state index contributed by atoms with van der Waals surface area (Å²) >= 11 is 6.02. The lowest BCUT2D eigenvalue weighted by Gasteiger charge is -2.19. The van der Waals surface area contributed by atoms with Crippen LogP contribution in [-0.4, -0.2) is 11.7 Å². The van der Waals surface area contributed by atoms with Crippen molar-refractivity contribution >= 4 is 17.2 Å². The smallest absolute Gasteiger partial charge is 0.129 e. The van der Waals surface area contributed by atoms with Crippen LogP contribution in [0.25, 0.3) is 5.57 Å². The molecule has 0 aliphatic carbocycles. The Balaban J connectivity index is 2.55. The number of dihydropyridines is 1. The molecule has 0 spiro atoms. The molecule has 1 heterocycles. The highest BCUT2D eigenvalue weighted by Crippen LogP contribution is 2.31. The van der Waals surface area contributed by atoms with Crippen molar-refractivity contribution in [1.82, 2.24) is 5.32 Å². The maximum absolute atomic E-state index is 13.6. The summed E-state index contributed by atoms with van der Waals surface area (Å²) < 4.78 is 13.6. The summed E-state index contributed by atoms with van der Waals surface area (Å²) in [4.78, 5) is 0. The fraction of sp³-hybridized carbons (Fsp3) is 0.231. The fourth-order valence-corrected chi connectivity index (χ4v) is 2.11. The molecule has 17 heavy (non-hydrogen) atoms. The van der Waals surface area contributed by atoms with Crippen LogP contribution in [0.1, 0.15) is 18.1 Å². The summed E-state index contributed by atoms with van der Waals surface area (Å²) in [7, 11) is 0. The SMILES string of the molecule is CC1=C(Cl)NCC=C1c1cccc(F)c1CO. The van der Waals surface area contributed by atoms with Gasteiger partial charge in [0.1, 0.15) is 11.0 Å². The van der Waals surface area contributed by atoms with Crippen molar-refractivity contribution in [3.05, 3.63) is 51.9 Å². The molecule has 2 nitrogen and oxygen atoms in total. The molecule has 1 aliphatic heterocycles. The highest BCUT2D eigenvalue weighted by atomic mass is 35.5. The van der Waals surface area contributed by atoms with Crippen LogP contribution < -0.4 is 5.32 Å². The number of hydrogen-bond donors (Lipinski definition) is 2. The predicted octanol–water partition coefficient (Wildman–Crippen LogP) is 2.77. The fourth-order valence-electron chi connectivity index (χ4n) is 1.93. The molecular formula is C13H13ClFNO. The summed E-state index contributed by atoms with van der Waals surface area (Å²) in [6, 6.07) is 4.77. The third-order valence-electron chi connectivity index (χ3n) is 2.86. The van der Waals surface area contributed by atoms with Crippen molar-refractivity contribution in [2.24, 2.45) is 0 Å². The average Bonchev–Trinajstić information content (AvgIpc) is 2.32. The van der Waals surface area contributed by atoms with E-state index in [4.69, 9.17) is 11.6 Å². The van der Waals surface area contributed by atoms with Gasteiger partial charge in [0.05, 0.1) is 6.61 Å². The quantitative estimate of drug-likeness (QED) is 0.795. The van der Waals surface area contributed by atoms with E-state index in [1.165, 1.54) is 6.07 Å². The minimum absolute atomic E-state index is 0.310. The van der Waals surface area contributed by atoms with Gasteiger partial charge >= 0.3 is 0 Å². The van der Waals surface area contributed by atoms with Gasteiger partial charge in [0.2, 0.25) is 0 Å². The number of halogens is 2. The highest BCUT2D eigenvalue weighted by molar-refractivity contribution is 6.30. The number of aliphatic hydroxyl groups excluding tert-OH is 1. The van der Waals surface area contributed by atoms with Crippen LogP contribution in [-0.2, 0) is 6.61 Å². The normalized spacial score (nSPS) is 15.6. The molecule has 0 aromatic heterocycles. The summed E-state index contributed by atoms with van der Waals surface area (Å²) in [6.07, 6.45) is 1.94. The van der Waals surface area contributed by atoms with Crippen LogP contribution in [0.3, 0.4) is 0 Å². The van der Waals surface area contributed by atoms with Gasteiger partial charge in [0.15, 0.2) is 0 Å². The summed E-state index contributed by atoms with van der Waals surface area (Å²) in [6.45, 7) is 2.15. The number of rotatable bonds is 2. The lowest BCUT2D eigenvalue weighted by atomic mass is 9.93. The van der Waals surface area contributed by atoms with Crippen molar-refractivity contribution < 1.29 is 9.50 Å². The van der Waals surface area contributed by atoms with Gasteiger partial charge in [-0.15, -0.1) is 0 Å². The van der Waals surface area contributed by atoms with Crippen molar-refractivity contribution in [2.45, 2.75) is 13.5 Å². The van der Waals surface area contributed by atoms with E-state index in [-0.39, 0.29) is 6.61 Å². The Hall–Kier alpha value is -1.32. The molecule has 0 radical (unpaired) electrons. The van der Waals surface area contributed by atoms with E-state index in [1.54, 1.807) is 12.1 Å². The molecule has 2 rings (SSSR count). The van der Waals surface area contributed by atoms with Gasteiger partial charge in [-0.3, -0.25) is 0 Å². The topological polar surface area (TPSA) is 32.3 Å². The Bertz CT molecular complexity index is 508. The Kier molecular flexibility index (Phi) is 3.50. The van der Waals surface area contributed by atoms with E-state index in [2.05, 4.69) is 5.32 Å². The first-order valence-corrected chi connectivity index (χ1v) is 5.72. The zero-order chi connectivity index (χ0) is 12.4. The number of allylic oxidation sites excluding steroid dienone is 2. The second-order valence-corrected chi connectivity index (χ2v) is 4.24. The number of nitrogens with one attached hydrogen (secondary N) is 1. The molecule has 90 valence electrons. The average molecular weight is 254 g/mol. The van der Waals surface area contributed by atoms with Crippen LogP contribution in [0.4, 0.5) is 4.39 Å². The summed E-state index contributed by atoms with van der Waals surface area (Å²) in [5.41, 5.74) is 2.74. The van der Waals surface area contributed by atoms with Crippen LogP contribution in [0, 0.1) is 5.82 Å². The number of benzene rings is 1. The van der Waals surface area contributed by atoms with Gasteiger partial charge in [-0.1, -0.05) is 29.8 Å². The molecule has 0 amide bonds. The van der Waals surface area contributed by atoms with Gasteiger partial charge in [0, 0.05) is 12.1 Å². The largest absolute Gasteiger partial charge is 0.392 e. The molecule has 0 atom stereocenters. The van der Waals surface area contributed by atoms with Gasteiger partial charge in [-0.05, 0) is 29.7 Å². The molecular weight excluding hydrogens is 241 g/mol.